The molecule has 4 nitrogen and oxygen atoms in total. The Bertz CT molecular complexity index is 630. The number of benzene rings is 2. The van der Waals surface area contributed by atoms with Crippen molar-refractivity contribution in [2.45, 2.75) is 0 Å². The number of rotatable bonds is 3. The van der Waals surface area contributed by atoms with E-state index in [1.807, 2.05) is 0 Å². The zero-order valence-electron chi connectivity index (χ0n) is 9.89. The lowest BCUT2D eigenvalue weighted by Crippen LogP contribution is -2.01. The molecule has 0 aliphatic rings. The highest BCUT2D eigenvalue weighted by molar-refractivity contribution is 5.75. The topological polar surface area (TPSA) is 52.4 Å². The Hall–Kier alpha value is -2.50. The molecule has 0 heterocycles. The molecule has 0 fully saturated rings. The number of nitrogens with zero attached hydrogens (tertiary/aromatic N) is 1. The van der Waals surface area contributed by atoms with Crippen LogP contribution in [0.2, 0.25) is 0 Å². The second kappa shape index (κ2) is 5.01. The number of nitro benzene ring substituents is 1. The highest BCUT2D eigenvalue weighted by Crippen LogP contribution is 2.37. The van der Waals surface area contributed by atoms with Crippen LogP contribution in [-0.2, 0) is 0 Å². The summed E-state index contributed by atoms with van der Waals surface area (Å²) in [6.45, 7) is 0. The molecule has 0 aromatic heterocycles. The molecule has 19 heavy (non-hydrogen) atoms. The minimum Gasteiger partial charge on any atom is -0.493 e. The molecule has 0 saturated carbocycles. The molecule has 0 radical (unpaired) electrons. The van der Waals surface area contributed by atoms with Crippen LogP contribution < -0.4 is 4.74 Å². The van der Waals surface area contributed by atoms with Gasteiger partial charge in [0.1, 0.15) is 0 Å². The van der Waals surface area contributed by atoms with Crippen LogP contribution in [0.1, 0.15) is 0 Å². The fraction of sp³-hybridized carbons (Fsp3) is 0.0769. The monoisotopic (exact) mass is 265 g/mol. The quantitative estimate of drug-likeness (QED) is 0.630. The Morgan fingerprint density at radius 3 is 2.32 bits per heavy atom. The lowest BCUT2D eigenvalue weighted by Gasteiger charge is -2.09. The van der Waals surface area contributed by atoms with Crippen LogP contribution in [0.3, 0.4) is 0 Å². The van der Waals surface area contributed by atoms with Crippen molar-refractivity contribution in [3.05, 3.63) is 58.1 Å². The molecule has 2 aromatic rings. The van der Waals surface area contributed by atoms with Crippen molar-refractivity contribution in [1.29, 1.82) is 0 Å². The van der Waals surface area contributed by atoms with Crippen molar-refractivity contribution in [3.8, 4) is 16.9 Å². The molecule has 0 unspecified atom stereocenters. The average Bonchev–Trinajstić information content (AvgIpc) is 2.42. The zero-order chi connectivity index (χ0) is 14.0. The van der Waals surface area contributed by atoms with Crippen molar-refractivity contribution in [2.24, 2.45) is 0 Å². The second-order valence-corrected chi connectivity index (χ2v) is 3.72. The minimum absolute atomic E-state index is 0.230. The average molecular weight is 265 g/mol. The van der Waals surface area contributed by atoms with E-state index in [2.05, 4.69) is 4.74 Å². The van der Waals surface area contributed by atoms with Gasteiger partial charge in [0.05, 0.1) is 23.7 Å². The van der Waals surface area contributed by atoms with Gasteiger partial charge >= 0.3 is 0 Å². The Kier molecular flexibility index (Phi) is 3.41. The van der Waals surface area contributed by atoms with Crippen LogP contribution in [-0.4, -0.2) is 12.0 Å². The van der Waals surface area contributed by atoms with Gasteiger partial charge in [0.2, 0.25) is 5.82 Å². The molecule has 0 bridgehead atoms. The molecule has 0 amide bonds. The summed E-state index contributed by atoms with van der Waals surface area (Å²) < 4.78 is 32.3. The van der Waals surface area contributed by atoms with E-state index in [0.717, 1.165) is 13.2 Å². The summed E-state index contributed by atoms with van der Waals surface area (Å²) in [5.74, 6) is -3.03. The van der Waals surface area contributed by atoms with Gasteiger partial charge in [-0.05, 0) is 5.56 Å². The molecule has 2 aromatic carbocycles. The lowest BCUT2D eigenvalue weighted by atomic mass is 10.0. The van der Waals surface area contributed by atoms with E-state index in [1.54, 1.807) is 18.2 Å². The zero-order valence-corrected chi connectivity index (χ0v) is 9.89. The highest BCUT2D eigenvalue weighted by Gasteiger charge is 2.26. The number of ether oxygens (including phenoxy) is 1. The summed E-state index contributed by atoms with van der Waals surface area (Å²) in [4.78, 5) is 10.2. The molecular formula is C13H9F2NO3. The van der Waals surface area contributed by atoms with Crippen LogP contribution in [0.4, 0.5) is 14.5 Å². The number of hydrogen-bond acceptors (Lipinski definition) is 3. The minimum atomic E-state index is -1.29. The molecule has 0 saturated heterocycles. The maximum atomic E-state index is 14.0. The van der Waals surface area contributed by atoms with Gasteiger partial charge in [-0.1, -0.05) is 30.3 Å². The first-order valence-corrected chi connectivity index (χ1v) is 5.32. The molecule has 0 N–H and O–H groups in total. The van der Waals surface area contributed by atoms with E-state index < -0.39 is 28.0 Å². The largest absolute Gasteiger partial charge is 0.493 e. The summed E-state index contributed by atoms with van der Waals surface area (Å²) in [5, 5.41) is 11.0. The highest BCUT2D eigenvalue weighted by atomic mass is 19.2. The summed E-state index contributed by atoms with van der Waals surface area (Å²) in [6.07, 6.45) is 0. The molecule has 0 aliphatic carbocycles. The van der Waals surface area contributed by atoms with Crippen molar-refractivity contribution in [2.75, 3.05) is 7.11 Å². The Morgan fingerprint density at radius 2 is 1.79 bits per heavy atom. The van der Waals surface area contributed by atoms with Crippen LogP contribution in [0.25, 0.3) is 11.1 Å². The summed E-state index contributed by atoms with van der Waals surface area (Å²) in [5.41, 5.74) is -0.695. The van der Waals surface area contributed by atoms with Crippen LogP contribution in [0.15, 0.2) is 36.4 Å². The van der Waals surface area contributed by atoms with E-state index in [4.69, 9.17) is 0 Å². The van der Waals surface area contributed by atoms with Crippen LogP contribution >= 0.6 is 0 Å². The molecule has 6 heteroatoms. The van der Waals surface area contributed by atoms with Crippen molar-refractivity contribution < 1.29 is 18.4 Å². The van der Waals surface area contributed by atoms with Gasteiger partial charge in [0.15, 0.2) is 11.6 Å². The third kappa shape index (κ3) is 2.24. The smallest absolute Gasteiger partial charge is 0.284 e. The molecule has 0 aliphatic heterocycles. The Morgan fingerprint density at radius 1 is 1.16 bits per heavy atom. The molecule has 2 rings (SSSR count). The van der Waals surface area contributed by atoms with Crippen LogP contribution in [0, 0.1) is 21.7 Å². The third-order valence-electron chi connectivity index (χ3n) is 2.63. The van der Waals surface area contributed by atoms with E-state index in [1.165, 1.54) is 12.1 Å². The predicted octanol–water partition coefficient (Wildman–Crippen LogP) is 3.55. The van der Waals surface area contributed by atoms with Crippen molar-refractivity contribution in [1.82, 2.24) is 0 Å². The molecule has 98 valence electrons. The van der Waals surface area contributed by atoms with Gasteiger partial charge in [-0.3, -0.25) is 10.1 Å². The molecular weight excluding hydrogens is 256 g/mol. The number of nitro groups is 1. The molecule has 0 spiro atoms. The summed E-state index contributed by atoms with van der Waals surface area (Å²) in [7, 11) is 1.11. The number of halogens is 2. The fourth-order valence-electron chi connectivity index (χ4n) is 1.76. The lowest BCUT2D eigenvalue weighted by molar-refractivity contribution is -0.384. The van der Waals surface area contributed by atoms with Gasteiger partial charge in [-0.2, -0.15) is 4.39 Å². The Labute approximate surface area is 107 Å². The summed E-state index contributed by atoms with van der Waals surface area (Å²) in [6, 6.07) is 8.66. The fourth-order valence-corrected chi connectivity index (χ4v) is 1.76. The first-order valence-electron chi connectivity index (χ1n) is 5.32. The van der Waals surface area contributed by atoms with E-state index in [-0.39, 0.29) is 11.1 Å². The van der Waals surface area contributed by atoms with E-state index in [0.29, 0.717) is 0 Å². The number of methoxy groups -OCH3 is 1. The normalized spacial score (nSPS) is 10.3. The first kappa shape index (κ1) is 12.9. The standard InChI is InChI=1S/C13H9F2NO3/c1-19-10-7-9(16(17)18)11(13(15)12(10)14)8-5-3-2-4-6-8/h2-7H,1H3. The Balaban J connectivity index is 2.79. The van der Waals surface area contributed by atoms with E-state index in [9.17, 15) is 18.9 Å². The van der Waals surface area contributed by atoms with Gasteiger partial charge in [-0.15, -0.1) is 0 Å². The van der Waals surface area contributed by atoms with Gasteiger partial charge in [0.25, 0.3) is 5.69 Å². The maximum Gasteiger partial charge on any atom is 0.284 e. The predicted molar refractivity (Wildman–Crippen MR) is 65.0 cm³/mol. The van der Waals surface area contributed by atoms with Crippen molar-refractivity contribution in [3.63, 3.8) is 0 Å². The van der Waals surface area contributed by atoms with Gasteiger partial charge in [-0.25, -0.2) is 4.39 Å². The van der Waals surface area contributed by atoms with Gasteiger partial charge < -0.3 is 4.74 Å². The molecule has 0 atom stereocenters. The van der Waals surface area contributed by atoms with Crippen LogP contribution in [0.5, 0.6) is 5.75 Å². The SMILES string of the molecule is COc1cc([N+](=O)[O-])c(-c2ccccc2)c(F)c1F. The first-order chi connectivity index (χ1) is 9.06. The van der Waals surface area contributed by atoms with Crippen molar-refractivity contribution >= 4 is 5.69 Å². The third-order valence-corrected chi connectivity index (χ3v) is 2.63. The van der Waals surface area contributed by atoms with E-state index >= 15 is 0 Å². The maximum absolute atomic E-state index is 14.0. The summed E-state index contributed by atoms with van der Waals surface area (Å²) >= 11 is 0. The van der Waals surface area contributed by atoms with Gasteiger partial charge in [0, 0.05) is 0 Å². The second-order valence-electron chi connectivity index (χ2n) is 3.72. The number of hydrogen-bond donors (Lipinski definition) is 0.